The number of thiocarbonyl (C=S) groups is 1. The maximum Gasteiger partial charge on any atom is 0.229 e. The first kappa shape index (κ1) is 11.6. The van der Waals surface area contributed by atoms with Crippen molar-refractivity contribution < 1.29 is 4.79 Å². The fourth-order valence-electron chi connectivity index (χ4n) is 1.77. The summed E-state index contributed by atoms with van der Waals surface area (Å²) in [4.78, 5) is 13.6. The van der Waals surface area contributed by atoms with E-state index >= 15 is 0 Å². The number of hydrogen-bond acceptors (Lipinski definition) is 3. The van der Waals surface area contributed by atoms with Crippen LogP contribution in [0.3, 0.4) is 0 Å². The van der Waals surface area contributed by atoms with Crippen molar-refractivity contribution in [2.75, 3.05) is 5.75 Å². The van der Waals surface area contributed by atoms with Gasteiger partial charge in [0, 0.05) is 12.2 Å². The van der Waals surface area contributed by atoms with E-state index in [1.54, 1.807) is 16.7 Å². The molecule has 1 aliphatic heterocycles. The van der Waals surface area contributed by atoms with Gasteiger partial charge < -0.3 is 0 Å². The largest absolute Gasteiger partial charge is 0.290 e. The normalized spacial score (nSPS) is 18.7. The quantitative estimate of drug-likeness (QED) is 0.754. The number of thioether (sulfide) groups is 1. The number of carbonyl (C=O) groups is 1. The number of hydrogen-bond donors (Lipinski definition) is 0. The van der Waals surface area contributed by atoms with Crippen LogP contribution >= 0.6 is 24.0 Å². The highest BCUT2D eigenvalue weighted by molar-refractivity contribution is 8.23. The Labute approximate surface area is 105 Å². The van der Waals surface area contributed by atoms with Crippen LogP contribution in [-0.4, -0.2) is 20.9 Å². The van der Waals surface area contributed by atoms with Gasteiger partial charge in [0.15, 0.2) is 0 Å². The summed E-state index contributed by atoms with van der Waals surface area (Å²) in [5.74, 6) is 0.954. The fraction of sp³-hybridized carbons (Fsp3) is 0.333. The van der Waals surface area contributed by atoms with E-state index in [2.05, 4.69) is 0 Å². The maximum absolute atomic E-state index is 11.8. The van der Waals surface area contributed by atoms with Gasteiger partial charge in [-0.3, -0.25) is 9.69 Å². The van der Waals surface area contributed by atoms with Crippen molar-refractivity contribution in [1.82, 2.24) is 4.90 Å². The van der Waals surface area contributed by atoms with Crippen LogP contribution in [0.2, 0.25) is 0 Å². The third-order valence-electron chi connectivity index (χ3n) is 2.68. The van der Waals surface area contributed by atoms with Crippen LogP contribution in [0.15, 0.2) is 30.3 Å². The predicted octanol–water partition coefficient (Wildman–Crippen LogP) is 3.00. The van der Waals surface area contributed by atoms with Crippen LogP contribution in [0.5, 0.6) is 0 Å². The molecule has 1 aliphatic rings. The Balaban J connectivity index is 2.23. The second-order valence-electron chi connectivity index (χ2n) is 3.71. The molecule has 4 heteroatoms. The van der Waals surface area contributed by atoms with Crippen LogP contribution < -0.4 is 0 Å². The van der Waals surface area contributed by atoms with Crippen molar-refractivity contribution in [2.45, 2.75) is 19.4 Å². The van der Waals surface area contributed by atoms with Crippen molar-refractivity contribution in [1.29, 1.82) is 0 Å². The highest BCUT2D eigenvalue weighted by atomic mass is 32.2. The van der Waals surface area contributed by atoms with Gasteiger partial charge in [-0.05, 0) is 12.5 Å². The average Bonchev–Trinajstić information content (AvgIpc) is 2.30. The topological polar surface area (TPSA) is 20.3 Å². The Morgan fingerprint density at radius 3 is 2.69 bits per heavy atom. The SMILES string of the molecule is C[C@H](c1ccccc1)N1C(=O)CCSC1=S. The minimum atomic E-state index is 0.0361. The molecule has 0 aliphatic carbocycles. The molecule has 0 unspecified atom stereocenters. The van der Waals surface area contributed by atoms with Crippen molar-refractivity contribution in [3.05, 3.63) is 35.9 Å². The van der Waals surface area contributed by atoms with E-state index in [1.165, 1.54) is 0 Å². The first-order valence-corrected chi connectivity index (χ1v) is 6.63. The first-order chi connectivity index (χ1) is 7.70. The Bertz CT molecular complexity index is 389. The monoisotopic (exact) mass is 251 g/mol. The van der Waals surface area contributed by atoms with Gasteiger partial charge in [0.2, 0.25) is 5.91 Å². The third kappa shape index (κ3) is 2.28. The summed E-state index contributed by atoms with van der Waals surface area (Å²) in [5.41, 5.74) is 1.13. The van der Waals surface area contributed by atoms with Crippen LogP contribution in [0.1, 0.15) is 24.9 Å². The first-order valence-electron chi connectivity index (χ1n) is 5.24. The lowest BCUT2D eigenvalue weighted by atomic mass is 10.1. The Morgan fingerprint density at radius 2 is 2.06 bits per heavy atom. The molecular formula is C12H13NOS2. The molecule has 1 heterocycles. The Hall–Kier alpha value is -0.870. The van der Waals surface area contributed by atoms with E-state index in [4.69, 9.17) is 12.2 Å². The van der Waals surface area contributed by atoms with Gasteiger partial charge in [-0.2, -0.15) is 0 Å². The van der Waals surface area contributed by atoms with Crippen LogP contribution in [0.4, 0.5) is 0 Å². The van der Waals surface area contributed by atoms with Gasteiger partial charge >= 0.3 is 0 Å². The summed E-state index contributed by atoms with van der Waals surface area (Å²) in [6, 6.07) is 10.0. The van der Waals surface area contributed by atoms with Gasteiger partial charge in [0.05, 0.1) is 6.04 Å². The molecule has 1 saturated heterocycles. The van der Waals surface area contributed by atoms with E-state index in [0.717, 1.165) is 11.3 Å². The zero-order valence-electron chi connectivity index (χ0n) is 9.05. The smallest absolute Gasteiger partial charge is 0.229 e. The molecule has 1 aromatic carbocycles. The van der Waals surface area contributed by atoms with Crippen LogP contribution in [-0.2, 0) is 4.79 Å². The Morgan fingerprint density at radius 1 is 1.38 bits per heavy atom. The van der Waals surface area contributed by atoms with E-state index < -0.39 is 0 Å². The molecule has 0 spiro atoms. The van der Waals surface area contributed by atoms with Gasteiger partial charge in [0.25, 0.3) is 0 Å². The number of amides is 1. The summed E-state index contributed by atoms with van der Waals surface area (Å²) in [5, 5.41) is 0. The molecule has 0 saturated carbocycles. The molecule has 0 radical (unpaired) electrons. The second-order valence-corrected chi connectivity index (χ2v) is 5.44. The summed E-state index contributed by atoms with van der Waals surface area (Å²) >= 11 is 6.84. The lowest BCUT2D eigenvalue weighted by Crippen LogP contribution is -2.39. The summed E-state index contributed by atoms with van der Waals surface area (Å²) in [7, 11) is 0. The Kier molecular flexibility index (Phi) is 3.61. The zero-order chi connectivity index (χ0) is 11.5. The number of benzene rings is 1. The van der Waals surface area contributed by atoms with Gasteiger partial charge in [0.1, 0.15) is 4.32 Å². The molecule has 84 valence electrons. The minimum absolute atomic E-state index is 0.0361. The minimum Gasteiger partial charge on any atom is -0.290 e. The van der Waals surface area contributed by atoms with Gasteiger partial charge in [-0.1, -0.05) is 54.3 Å². The third-order valence-corrected chi connectivity index (χ3v) is 4.08. The molecule has 0 N–H and O–H groups in total. The molecule has 1 aromatic rings. The molecule has 2 rings (SSSR count). The summed E-state index contributed by atoms with van der Waals surface area (Å²) < 4.78 is 0.701. The number of nitrogens with zero attached hydrogens (tertiary/aromatic N) is 1. The highest BCUT2D eigenvalue weighted by Gasteiger charge is 2.28. The standard InChI is InChI=1S/C12H13NOS2/c1-9(10-5-3-2-4-6-10)13-11(14)7-8-16-12(13)15/h2-6,9H,7-8H2,1H3/t9-/m1/s1. The molecule has 16 heavy (non-hydrogen) atoms. The average molecular weight is 251 g/mol. The van der Waals surface area contributed by atoms with Crippen molar-refractivity contribution in [2.24, 2.45) is 0 Å². The summed E-state index contributed by atoms with van der Waals surface area (Å²) in [6.07, 6.45) is 0.585. The van der Waals surface area contributed by atoms with E-state index in [9.17, 15) is 4.79 Å². The lowest BCUT2D eigenvalue weighted by Gasteiger charge is -2.32. The maximum atomic E-state index is 11.8. The van der Waals surface area contributed by atoms with Gasteiger partial charge in [-0.15, -0.1) is 0 Å². The molecule has 2 nitrogen and oxygen atoms in total. The fourth-order valence-corrected chi connectivity index (χ4v) is 3.13. The predicted molar refractivity (Wildman–Crippen MR) is 71.4 cm³/mol. The van der Waals surface area contributed by atoms with E-state index in [-0.39, 0.29) is 11.9 Å². The molecule has 0 bridgehead atoms. The van der Waals surface area contributed by atoms with Crippen LogP contribution in [0, 0.1) is 0 Å². The van der Waals surface area contributed by atoms with Crippen LogP contribution in [0.25, 0.3) is 0 Å². The molecular weight excluding hydrogens is 238 g/mol. The lowest BCUT2D eigenvalue weighted by molar-refractivity contribution is -0.128. The summed E-state index contributed by atoms with van der Waals surface area (Å²) in [6.45, 7) is 2.02. The van der Waals surface area contributed by atoms with Crippen molar-refractivity contribution in [3.63, 3.8) is 0 Å². The molecule has 1 amide bonds. The molecule has 0 aromatic heterocycles. The van der Waals surface area contributed by atoms with E-state index in [0.29, 0.717) is 10.7 Å². The molecule has 1 fully saturated rings. The van der Waals surface area contributed by atoms with E-state index in [1.807, 2.05) is 37.3 Å². The van der Waals surface area contributed by atoms with Crippen molar-refractivity contribution >= 4 is 34.2 Å². The number of rotatable bonds is 2. The zero-order valence-corrected chi connectivity index (χ0v) is 10.7. The second kappa shape index (κ2) is 4.97. The number of carbonyl (C=O) groups excluding carboxylic acids is 1. The van der Waals surface area contributed by atoms with Crippen molar-refractivity contribution in [3.8, 4) is 0 Å². The highest BCUT2D eigenvalue weighted by Crippen LogP contribution is 2.28. The molecule has 1 atom stereocenters. The van der Waals surface area contributed by atoms with Gasteiger partial charge in [-0.25, -0.2) is 0 Å².